The summed E-state index contributed by atoms with van der Waals surface area (Å²) < 4.78 is 14.5. The van der Waals surface area contributed by atoms with Crippen LogP contribution < -0.4 is 73.6 Å². The predicted molar refractivity (Wildman–Crippen MR) is 629 cm³/mol. The van der Waals surface area contributed by atoms with Crippen LogP contribution in [0.1, 0.15) is 114 Å². The van der Waals surface area contributed by atoms with E-state index in [9.17, 15) is 4.39 Å². The average molecular weight is 2130 g/mol. The average Bonchev–Trinajstić information content (AvgIpc) is 1.23. The molecule has 1 saturated carbocycles. The molecular weight excluding hydrogens is 2000 g/mol. The van der Waals surface area contributed by atoms with Crippen molar-refractivity contribution in [3.8, 4) is 0 Å². The number of hydrogen-bond acceptors (Lipinski definition) is 29. The van der Waals surface area contributed by atoms with Crippen molar-refractivity contribution in [3.63, 3.8) is 0 Å². The van der Waals surface area contributed by atoms with Crippen LogP contribution in [0.25, 0.3) is 0 Å². The zero-order valence-corrected chi connectivity index (χ0v) is 90.1. The summed E-state index contributed by atoms with van der Waals surface area (Å²) in [5.41, 5.74) is 39.3. The molecule has 1 aliphatic carbocycles. The van der Waals surface area contributed by atoms with E-state index in [4.69, 9.17) is 33.8 Å². The number of benzene rings is 6. The number of piperidine rings is 2. The molecule has 0 atom stereocenters. The number of rotatable bonds is 27. The Labute approximate surface area is 890 Å². The van der Waals surface area contributed by atoms with Gasteiger partial charge in [-0.05, 0) is 263 Å². The molecule has 0 unspecified atom stereocenters. The number of thioether (sulfide) groups is 6. The van der Waals surface area contributed by atoms with Crippen molar-refractivity contribution >= 4 is 230 Å². The van der Waals surface area contributed by atoms with Crippen molar-refractivity contribution in [2.24, 2.45) is 42.9 Å². The van der Waals surface area contributed by atoms with Crippen LogP contribution in [0.5, 0.6) is 0 Å². The number of likely N-dealkylation sites (N-methyl/N-ethyl adjacent to an activating group) is 3. The first kappa shape index (κ1) is 109. The van der Waals surface area contributed by atoms with Gasteiger partial charge in [0.15, 0.2) is 0 Å². The zero-order valence-electron chi connectivity index (χ0n) is 80.3. The highest BCUT2D eigenvalue weighted by molar-refractivity contribution is 8.00. The molecular formula is C108H138FN21S12. The molecule has 754 valence electrons. The van der Waals surface area contributed by atoms with Crippen LogP contribution in [0.15, 0.2) is 258 Å². The number of nitrogens with zero attached hydrogens (tertiary/aromatic N) is 11. The molecule has 0 radical (unpaired) electrons. The summed E-state index contributed by atoms with van der Waals surface area (Å²) >= 11 is 21.1. The number of halogens is 1. The third kappa shape index (κ3) is 30.3. The van der Waals surface area contributed by atoms with Gasteiger partial charge in [0.2, 0.25) is 0 Å². The van der Waals surface area contributed by atoms with E-state index in [1.165, 1.54) is 126 Å². The fourth-order valence-corrected chi connectivity index (χ4v) is 28.4. The zero-order chi connectivity index (χ0) is 96.9. The quantitative estimate of drug-likeness (QED) is 0.0130. The standard InChI is InChI=1S/C19H22N2S2.C18H21FN4S2.C18H22N4S2.C18H23N3S2.C17H22N4S2.C16H20N4S2.2CH4/c20-16(18-6-3-10-22-18)12-14-7-8-17-19(13-14)23-11-9-21(17)15-4-1-2-5-15;19-13-10-17-15(11-14(13)22-18(20)16-2-1-8-24-16)23(7-9-25-17)12-3-5-21-6-4-12;19-18(17-2-1-10-23-17)21-13-3-4-16-15(12-13)22(9-11-24-16)14-5-7-20-8-6-14;1-2-20-7-8-21-9-11-23-18-13-14(5-6-16(18)21)12-15(19)17-4-3-10-22-17;1-20(2)7-8-21-9-11-23-15-6-5-13(12-14(15)21)19-17(18)16-4-3-10-22-16;1-18-6-7-20-8-10-22-14-5-4-12(11-13(14)20)19-16(17)15-3-2-9-21-15;;/h3,6-8,10,13,15,20H,1-2,4-5,9,11-12H2;1-2,8,10-12,21H,3-7,9H2,(H2,20,22);1-4,10,12,14,20H,5-9,11H2,(H2,19,21);3-6,10,13,19-20H,2,7-9,11-12H2,1H3;3-6,10,12H,7-9,11H2,1-2H3,(H2,18,19);2-5,9,11,18H,6-8,10H2,1H3,(H2,17,19);2*1H4. The van der Waals surface area contributed by atoms with Gasteiger partial charge in [-0.15, -0.1) is 139 Å². The smallest absolute Gasteiger partial charge is 0.150 e. The van der Waals surface area contributed by atoms with Gasteiger partial charge in [-0.2, -0.15) is 0 Å². The number of fused-ring (bicyclic) bond motifs is 6. The number of hydrogen-bond donors (Lipinski definition) is 10. The second-order valence-corrected chi connectivity index (χ2v) is 47.8. The van der Waals surface area contributed by atoms with Crippen molar-refractivity contribution in [1.82, 2.24) is 26.2 Å². The second-order valence-electron chi connectivity index (χ2n) is 35.3. The SMILES string of the molecule is C.C.CCNCCN1CCSc2cc(CC(=N)c3cccs3)ccc21.CN(C)CCN1CCSc2ccc(N=C(N)c3cccs3)cc21.CNCCN1CCSc2ccc(N=C(N)c3cccs3)cc21.N=C(Cc1ccc2c(c1)SCCN2C1CCCC1)c1cccs1.NC(=Nc1cc2c(cc1F)SCCN2C1CCNCC1)c1cccs1.NC(=Nc1ccc2c(c1)N(C1CCNCC1)CCS2)c1cccs1. The first-order valence-electron chi connectivity index (χ1n) is 48.5. The molecule has 2 saturated heterocycles. The minimum absolute atomic E-state index is 0. The van der Waals surface area contributed by atoms with E-state index >= 15 is 0 Å². The fraction of sp³-hybridized carbons (Fsp3) is 0.389. The maximum absolute atomic E-state index is 14.5. The molecule has 14 N–H and O–H groups in total. The highest BCUT2D eigenvalue weighted by atomic mass is 32.2. The van der Waals surface area contributed by atoms with E-state index in [0.29, 0.717) is 53.2 Å². The molecule has 34 heteroatoms. The van der Waals surface area contributed by atoms with Crippen molar-refractivity contribution in [3.05, 3.63) is 254 Å². The highest BCUT2D eigenvalue weighted by Gasteiger charge is 2.32. The molecule has 142 heavy (non-hydrogen) atoms. The summed E-state index contributed by atoms with van der Waals surface area (Å²) in [5, 5.41) is 42.1. The Hall–Kier alpha value is -8.63. The maximum atomic E-state index is 14.5. The van der Waals surface area contributed by atoms with Crippen LogP contribution >= 0.6 is 139 Å². The minimum Gasteiger partial charge on any atom is -0.383 e. The van der Waals surface area contributed by atoms with Crippen LogP contribution in [-0.4, -0.2) is 225 Å². The predicted octanol–water partition coefficient (Wildman–Crippen LogP) is 23.6. The third-order valence-corrected chi connectivity index (χ3v) is 37.1. The van der Waals surface area contributed by atoms with E-state index < -0.39 is 0 Å². The number of nitrogens with one attached hydrogen (secondary N) is 6. The molecule has 21 rings (SSSR count). The lowest BCUT2D eigenvalue weighted by Gasteiger charge is -2.39. The summed E-state index contributed by atoms with van der Waals surface area (Å²) in [4.78, 5) is 49.3. The Morgan fingerprint density at radius 1 is 0.394 bits per heavy atom. The number of nitrogens with two attached hydrogens (primary N) is 4. The Morgan fingerprint density at radius 2 is 0.746 bits per heavy atom. The van der Waals surface area contributed by atoms with Gasteiger partial charge in [0.25, 0.3) is 0 Å². The van der Waals surface area contributed by atoms with Crippen LogP contribution in [0, 0.1) is 16.6 Å². The minimum atomic E-state index is -0.307. The van der Waals surface area contributed by atoms with Crippen LogP contribution in [0.3, 0.4) is 0 Å². The monoisotopic (exact) mass is 2130 g/mol. The lowest BCUT2D eigenvalue weighted by Crippen LogP contribution is -2.45. The summed E-state index contributed by atoms with van der Waals surface area (Å²) in [6, 6.07) is 62.1. The molecule has 0 spiro atoms. The molecule has 3 fully saturated rings. The molecule has 9 aliphatic rings. The molecule has 8 aliphatic heterocycles. The molecule has 6 aromatic heterocycles. The largest absolute Gasteiger partial charge is 0.383 e. The summed E-state index contributed by atoms with van der Waals surface area (Å²) in [7, 11) is 6.21. The van der Waals surface area contributed by atoms with Gasteiger partial charge in [-0.25, -0.2) is 24.4 Å². The van der Waals surface area contributed by atoms with Gasteiger partial charge in [0.05, 0.1) is 82.1 Å². The summed E-state index contributed by atoms with van der Waals surface area (Å²) in [6.45, 7) is 20.3. The van der Waals surface area contributed by atoms with Gasteiger partial charge in [-0.1, -0.05) is 83.1 Å². The van der Waals surface area contributed by atoms with Crippen molar-refractivity contribution in [2.45, 2.75) is 133 Å². The lowest BCUT2D eigenvalue weighted by atomic mass is 10.0. The van der Waals surface area contributed by atoms with Crippen molar-refractivity contribution in [1.29, 1.82) is 10.8 Å². The summed E-state index contributed by atoms with van der Waals surface area (Å²) in [5.74, 6) is 8.60. The van der Waals surface area contributed by atoms with Crippen LogP contribution in [0.4, 0.5) is 61.3 Å². The second kappa shape index (κ2) is 55.8. The van der Waals surface area contributed by atoms with E-state index in [0.717, 1.165) is 221 Å². The molecule has 6 aromatic carbocycles. The van der Waals surface area contributed by atoms with Gasteiger partial charge in [0, 0.05) is 183 Å². The van der Waals surface area contributed by atoms with E-state index in [2.05, 4.69) is 181 Å². The summed E-state index contributed by atoms with van der Waals surface area (Å²) in [6.07, 6.45) is 11.6. The normalized spacial score (nSPS) is 16.6. The van der Waals surface area contributed by atoms with Gasteiger partial charge < -0.3 is 89.3 Å². The van der Waals surface area contributed by atoms with E-state index in [1.54, 1.807) is 74.5 Å². The number of aliphatic imine (C=N–C) groups is 4. The number of thiophene rings is 6. The fourth-order valence-electron chi connectivity index (χ4n) is 18.3. The lowest BCUT2D eigenvalue weighted by molar-refractivity contribution is 0.413. The Bertz CT molecular complexity index is 6050. The van der Waals surface area contributed by atoms with Crippen LogP contribution in [0.2, 0.25) is 0 Å². The van der Waals surface area contributed by atoms with Crippen LogP contribution in [-0.2, 0) is 12.8 Å². The Morgan fingerprint density at radius 3 is 1.17 bits per heavy atom. The van der Waals surface area contributed by atoms with E-state index in [1.807, 2.05) is 183 Å². The first-order chi connectivity index (χ1) is 68.5. The molecule has 12 aromatic rings. The molecule has 14 heterocycles. The number of anilines is 6. The Kier molecular flexibility index (Phi) is 42.8. The van der Waals surface area contributed by atoms with Gasteiger partial charge >= 0.3 is 0 Å². The van der Waals surface area contributed by atoms with E-state index in [-0.39, 0.29) is 20.7 Å². The molecule has 0 amide bonds. The highest BCUT2D eigenvalue weighted by Crippen LogP contribution is 2.46. The van der Waals surface area contributed by atoms with Crippen molar-refractivity contribution < 1.29 is 4.39 Å². The molecule has 0 bridgehead atoms. The Balaban J connectivity index is 0.000000135. The number of amidine groups is 4. The first-order valence-corrected chi connectivity index (χ1v) is 59.7. The van der Waals surface area contributed by atoms with Gasteiger partial charge in [0.1, 0.15) is 34.8 Å². The van der Waals surface area contributed by atoms with Gasteiger partial charge in [-0.3, -0.25) is 0 Å². The third-order valence-electron chi connectivity index (χ3n) is 25.5. The topological polar surface area (TPSA) is 272 Å². The molecule has 21 nitrogen and oxygen atoms in total. The van der Waals surface area contributed by atoms with Crippen molar-refractivity contribution in [2.75, 3.05) is 196 Å². The maximum Gasteiger partial charge on any atom is 0.150 e.